The number of ether oxygens (including phenoxy) is 1. The van der Waals surface area contributed by atoms with E-state index in [1.54, 1.807) is 7.11 Å². The highest BCUT2D eigenvalue weighted by Crippen LogP contribution is 2.35. The molecule has 0 amide bonds. The van der Waals surface area contributed by atoms with Gasteiger partial charge in [0.15, 0.2) is 0 Å². The highest BCUT2D eigenvalue weighted by atomic mass is 16.5. The van der Waals surface area contributed by atoms with Gasteiger partial charge in [0.05, 0.1) is 18.3 Å². The summed E-state index contributed by atoms with van der Waals surface area (Å²) in [7, 11) is 1.67. The van der Waals surface area contributed by atoms with Crippen molar-refractivity contribution in [2.75, 3.05) is 7.11 Å². The Morgan fingerprint density at radius 1 is 0.917 bits per heavy atom. The van der Waals surface area contributed by atoms with E-state index in [-0.39, 0.29) is 0 Å². The Morgan fingerprint density at radius 3 is 2.50 bits per heavy atom. The molecule has 4 heteroatoms. The number of benzene rings is 1. The third-order valence-electron chi connectivity index (χ3n) is 4.05. The number of hydrogen-bond donors (Lipinski definition) is 0. The minimum atomic E-state index is 0.838. The number of aryl methyl sites for hydroxylation is 1. The van der Waals surface area contributed by atoms with E-state index in [4.69, 9.17) is 9.84 Å². The predicted octanol–water partition coefficient (Wildman–Crippen LogP) is 4.38. The van der Waals surface area contributed by atoms with Gasteiger partial charge in [0.25, 0.3) is 0 Å². The van der Waals surface area contributed by atoms with Crippen molar-refractivity contribution in [3.63, 3.8) is 0 Å². The average Bonchev–Trinajstić information content (AvgIpc) is 3.01. The molecule has 3 heterocycles. The molecular weight excluding hydrogens is 298 g/mol. The monoisotopic (exact) mass is 315 g/mol. The van der Waals surface area contributed by atoms with Crippen molar-refractivity contribution < 1.29 is 4.74 Å². The van der Waals surface area contributed by atoms with Crippen LogP contribution in [0, 0.1) is 6.92 Å². The second-order valence-electron chi connectivity index (χ2n) is 5.65. The second kappa shape index (κ2) is 5.81. The molecule has 0 saturated heterocycles. The lowest BCUT2D eigenvalue weighted by molar-refractivity contribution is 0.415. The van der Waals surface area contributed by atoms with Crippen LogP contribution < -0.4 is 4.74 Å². The van der Waals surface area contributed by atoms with Gasteiger partial charge < -0.3 is 4.74 Å². The Balaban J connectivity index is 1.99. The first-order chi connectivity index (χ1) is 11.8. The topological polar surface area (TPSA) is 39.4 Å². The van der Waals surface area contributed by atoms with Crippen molar-refractivity contribution in [3.05, 3.63) is 72.6 Å². The number of fused-ring (bicyclic) bond motifs is 1. The van der Waals surface area contributed by atoms with E-state index >= 15 is 0 Å². The van der Waals surface area contributed by atoms with Gasteiger partial charge in [0, 0.05) is 17.5 Å². The van der Waals surface area contributed by atoms with Crippen LogP contribution in [0.1, 0.15) is 5.69 Å². The molecule has 0 fully saturated rings. The number of rotatable bonds is 3. The minimum Gasteiger partial charge on any atom is -0.497 e. The number of aromatic nitrogens is 3. The third-order valence-corrected chi connectivity index (χ3v) is 4.05. The van der Waals surface area contributed by atoms with Crippen LogP contribution in [0.2, 0.25) is 0 Å². The summed E-state index contributed by atoms with van der Waals surface area (Å²) in [6.07, 6.45) is 1.96. The fraction of sp³-hybridized carbons (Fsp3) is 0.100. The lowest BCUT2D eigenvalue weighted by atomic mass is 10.0. The zero-order valence-electron chi connectivity index (χ0n) is 13.6. The van der Waals surface area contributed by atoms with Crippen molar-refractivity contribution >= 4 is 5.52 Å². The molecule has 0 radical (unpaired) electrons. The number of pyridine rings is 2. The number of nitrogens with zero attached hydrogens (tertiary/aromatic N) is 3. The molecule has 0 N–H and O–H groups in total. The van der Waals surface area contributed by atoms with E-state index in [2.05, 4.69) is 23.2 Å². The molecule has 0 aliphatic carbocycles. The maximum atomic E-state index is 5.27. The van der Waals surface area contributed by atoms with Crippen molar-refractivity contribution in [1.82, 2.24) is 14.6 Å². The van der Waals surface area contributed by atoms with Crippen LogP contribution in [-0.2, 0) is 0 Å². The van der Waals surface area contributed by atoms with Gasteiger partial charge >= 0.3 is 0 Å². The SMILES string of the molecule is COc1ccc(-c2c(-c3cccc(C)n3)nn3ccccc23)cc1. The Bertz CT molecular complexity index is 1000. The van der Waals surface area contributed by atoms with E-state index in [1.807, 2.05) is 60.1 Å². The van der Waals surface area contributed by atoms with Crippen LogP contribution in [0.5, 0.6) is 5.75 Å². The van der Waals surface area contributed by atoms with Gasteiger partial charge in [-0.15, -0.1) is 0 Å². The normalized spacial score (nSPS) is 10.9. The van der Waals surface area contributed by atoms with E-state index in [1.165, 1.54) is 0 Å². The predicted molar refractivity (Wildman–Crippen MR) is 95.1 cm³/mol. The van der Waals surface area contributed by atoms with Gasteiger partial charge in [0.2, 0.25) is 0 Å². The Labute approximate surface area is 140 Å². The summed E-state index contributed by atoms with van der Waals surface area (Å²) >= 11 is 0. The van der Waals surface area contributed by atoms with Gasteiger partial charge in [-0.3, -0.25) is 4.98 Å². The molecule has 0 spiro atoms. The van der Waals surface area contributed by atoms with Gasteiger partial charge in [-0.05, 0) is 48.9 Å². The summed E-state index contributed by atoms with van der Waals surface area (Å²) in [6.45, 7) is 1.99. The quantitative estimate of drug-likeness (QED) is 0.563. The highest BCUT2D eigenvalue weighted by Gasteiger charge is 2.17. The van der Waals surface area contributed by atoms with Gasteiger partial charge in [-0.1, -0.05) is 24.3 Å². The summed E-state index contributed by atoms with van der Waals surface area (Å²) in [5, 5.41) is 4.77. The molecular formula is C20H17N3O. The van der Waals surface area contributed by atoms with E-state index in [0.29, 0.717) is 0 Å². The first-order valence-electron chi connectivity index (χ1n) is 7.82. The summed E-state index contributed by atoms with van der Waals surface area (Å²) < 4.78 is 7.17. The molecule has 24 heavy (non-hydrogen) atoms. The number of methoxy groups -OCH3 is 1. The first kappa shape index (κ1) is 14.5. The lowest BCUT2D eigenvalue weighted by Gasteiger charge is -2.05. The largest absolute Gasteiger partial charge is 0.497 e. The van der Waals surface area contributed by atoms with Crippen LogP contribution in [0.3, 0.4) is 0 Å². The fourth-order valence-electron chi connectivity index (χ4n) is 2.90. The molecule has 3 aromatic heterocycles. The van der Waals surface area contributed by atoms with Crippen LogP contribution in [0.15, 0.2) is 66.9 Å². The molecule has 4 aromatic rings. The molecule has 0 aliphatic heterocycles. The Morgan fingerprint density at radius 2 is 1.75 bits per heavy atom. The van der Waals surface area contributed by atoms with Crippen LogP contribution in [0.25, 0.3) is 28.0 Å². The second-order valence-corrected chi connectivity index (χ2v) is 5.65. The van der Waals surface area contributed by atoms with Gasteiger partial charge in [-0.25, -0.2) is 4.52 Å². The van der Waals surface area contributed by atoms with E-state index in [9.17, 15) is 0 Å². The lowest BCUT2D eigenvalue weighted by Crippen LogP contribution is -1.90. The molecule has 0 bridgehead atoms. The fourth-order valence-corrected chi connectivity index (χ4v) is 2.90. The molecule has 0 saturated carbocycles. The van der Waals surface area contributed by atoms with Gasteiger partial charge in [-0.2, -0.15) is 5.10 Å². The molecule has 118 valence electrons. The van der Waals surface area contributed by atoms with Crippen molar-refractivity contribution in [3.8, 4) is 28.3 Å². The molecule has 0 aliphatic rings. The minimum absolute atomic E-state index is 0.838. The summed E-state index contributed by atoms with van der Waals surface area (Å²) in [5.74, 6) is 0.838. The number of hydrogen-bond acceptors (Lipinski definition) is 3. The van der Waals surface area contributed by atoms with E-state index < -0.39 is 0 Å². The Kier molecular flexibility index (Phi) is 3.50. The zero-order chi connectivity index (χ0) is 16.5. The Hall–Kier alpha value is -3.14. The highest BCUT2D eigenvalue weighted by molar-refractivity contribution is 5.91. The summed E-state index contributed by atoms with van der Waals surface area (Å²) in [5.41, 5.74) is 5.97. The molecule has 0 unspecified atom stereocenters. The van der Waals surface area contributed by atoms with E-state index in [0.717, 1.165) is 39.5 Å². The molecule has 0 atom stereocenters. The van der Waals surface area contributed by atoms with Crippen LogP contribution in [-0.4, -0.2) is 21.7 Å². The molecule has 4 rings (SSSR count). The van der Waals surface area contributed by atoms with Crippen molar-refractivity contribution in [2.24, 2.45) is 0 Å². The van der Waals surface area contributed by atoms with Gasteiger partial charge in [0.1, 0.15) is 11.4 Å². The average molecular weight is 315 g/mol. The zero-order valence-corrected chi connectivity index (χ0v) is 13.6. The first-order valence-corrected chi connectivity index (χ1v) is 7.82. The third kappa shape index (κ3) is 2.42. The van der Waals surface area contributed by atoms with Crippen LogP contribution in [0.4, 0.5) is 0 Å². The standard InChI is InChI=1S/C20H17N3O/c1-14-6-5-7-17(21-14)20-19(15-9-11-16(24-2)12-10-15)18-8-3-4-13-23(18)22-20/h3-13H,1-2H3. The summed E-state index contributed by atoms with van der Waals surface area (Å²) in [4.78, 5) is 4.66. The maximum absolute atomic E-state index is 5.27. The van der Waals surface area contributed by atoms with Crippen molar-refractivity contribution in [1.29, 1.82) is 0 Å². The van der Waals surface area contributed by atoms with Crippen molar-refractivity contribution in [2.45, 2.75) is 6.92 Å². The summed E-state index contributed by atoms with van der Waals surface area (Å²) in [6, 6.07) is 20.1. The van der Waals surface area contributed by atoms with Crippen LogP contribution >= 0.6 is 0 Å². The smallest absolute Gasteiger partial charge is 0.120 e. The molecule has 4 nitrogen and oxygen atoms in total. The maximum Gasteiger partial charge on any atom is 0.120 e. The molecule has 1 aromatic carbocycles.